The molecule has 2 rings (SSSR count). The van der Waals surface area contributed by atoms with Gasteiger partial charge in [-0.3, -0.25) is 0 Å². The second-order valence-corrected chi connectivity index (χ2v) is 5.49. The van der Waals surface area contributed by atoms with Crippen molar-refractivity contribution in [2.45, 2.75) is 13.8 Å². The van der Waals surface area contributed by atoms with Crippen LogP contribution in [0.2, 0.25) is 0 Å². The van der Waals surface area contributed by atoms with E-state index in [-0.39, 0.29) is 12.0 Å². The van der Waals surface area contributed by atoms with Crippen LogP contribution >= 0.6 is 0 Å². The van der Waals surface area contributed by atoms with Gasteiger partial charge in [0.05, 0.1) is 11.6 Å². The molecule has 0 saturated carbocycles. The highest BCUT2D eigenvalue weighted by Gasteiger charge is 2.16. The lowest BCUT2D eigenvalue weighted by Gasteiger charge is -2.23. The maximum absolute atomic E-state index is 9.28. The zero-order chi connectivity index (χ0) is 13.9. The second-order valence-electron chi connectivity index (χ2n) is 5.49. The molecule has 2 aromatic rings. The topological polar surface area (TPSA) is 56.0 Å². The third-order valence-corrected chi connectivity index (χ3v) is 3.23. The molecule has 19 heavy (non-hydrogen) atoms. The highest BCUT2D eigenvalue weighted by atomic mass is 16.3. The summed E-state index contributed by atoms with van der Waals surface area (Å²) in [6.45, 7) is 4.82. The van der Waals surface area contributed by atoms with E-state index in [1.54, 1.807) is 0 Å². The van der Waals surface area contributed by atoms with Gasteiger partial charge < -0.3 is 10.4 Å². The average molecular weight is 254 g/mol. The zero-order valence-corrected chi connectivity index (χ0v) is 11.3. The molecule has 0 fully saturated rings. The molecule has 0 bridgehead atoms. The molecule has 3 heteroatoms. The molecule has 0 aromatic heterocycles. The van der Waals surface area contributed by atoms with Crippen LogP contribution in [0.5, 0.6) is 0 Å². The van der Waals surface area contributed by atoms with Gasteiger partial charge in [-0.1, -0.05) is 38.1 Å². The summed E-state index contributed by atoms with van der Waals surface area (Å²) in [6.07, 6.45) is 0. The molecule has 0 amide bonds. The molecule has 3 nitrogen and oxygen atoms in total. The number of hydrogen-bond donors (Lipinski definition) is 2. The van der Waals surface area contributed by atoms with E-state index in [1.165, 1.54) is 0 Å². The van der Waals surface area contributed by atoms with Crippen LogP contribution in [0.25, 0.3) is 10.8 Å². The summed E-state index contributed by atoms with van der Waals surface area (Å²) in [5, 5.41) is 23.8. The van der Waals surface area contributed by atoms with E-state index in [1.807, 2.05) is 50.2 Å². The summed E-state index contributed by atoms with van der Waals surface area (Å²) in [6, 6.07) is 13.8. The lowest BCUT2D eigenvalue weighted by Crippen LogP contribution is -2.26. The van der Waals surface area contributed by atoms with Gasteiger partial charge in [-0.25, -0.2) is 0 Å². The summed E-state index contributed by atoms with van der Waals surface area (Å²) >= 11 is 0. The van der Waals surface area contributed by atoms with Crippen LogP contribution in [-0.2, 0) is 0 Å². The maximum atomic E-state index is 9.28. The molecule has 0 aliphatic carbocycles. The molecule has 0 aliphatic rings. The summed E-state index contributed by atoms with van der Waals surface area (Å²) in [4.78, 5) is 0. The Hall–Kier alpha value is -2.05. The Labute approximate surface area is 113 Å². The molecule has 0 heterocycles. The summed E-state index contributed by atoms with van der Waals surface area (Å²) in [5.74, 6) is 0. The zero-order valence-electron chi connectivity index (χ0n) is 11.3. The highest BCUT2D eigenvalue weighted by Crippen LogP contribution is 2.27. The van der Waals surface area contributed by atoms with Crippen molar-refractivity contribution in [3.8, 4) is 6.07 Å². The van der Waals surface area contributed by atoms with Crippen molar-refractivity contribution in [2.24, 2.45) is 5.41 Å². The van der Waals surface area contributed by atoms with E-state index >= 15 is 0 Å². The van der Waals surface area contributed by atoms with Gasteiger partial charge in [0, 0.05) is 35.0 Å². The van der Waals surface area contributed by atoms with Crippen molar-refractivity contribution >= 4 is 16.5 Å². The molecule has 0 radical (unpaired) electrons. The van der Waals surface area contributed by atoms with Crippen LogP contribution in [-0.4, -0.2) is 18.3 Å². The molecular weight excluding hydrogens is 236 g/mol. The number of nitrogens with zero attached hydrogens (tertiary/aromatic N) is 1. The first-order valence-corrected chi connectivity index (χ1v) is 6.34. The molecule has 0 unspecified atom stereocenters. The number of anilines is 1. The van der Waals surface area contributed by atoms with Crippen molar-refractivity contribution in [2.75, 3.05) is 18.5 Å². The fourth-order valence-corrected chi connectivity index (χ4v) is 1.94. The number of aliphatic hydroxyl groups is 1. The Morgan fingerprint density at radius 3 is 2.47 bits per heavy atom. The van der Waals surface area contributed by atoms with Crippen molar-refractivity contribution in [1.82, 2.24) is 0 Å². The third-order valence-electron chi connectivity index (χ3n) is 3.23. The van der Waals surface area contributed by atoms with Crippen LogP contribution in [0.15, 0.2) is 36.4 Å². The lowest BCUT2D eigenvalue weighted by molar-refractivity contribution is 0.171. The molecule has 0 spiro atoms. The van der Waals surface area contributed by atoms with E-state index < -0.39 is 0 Å². The van der Waals surface area contributed by atoms with Gasteiger partial charge in [-0.15, -0.1) is 0 Å². The smallest absolute Gasteiger partial charge is 0.0998 e. The molecule has 98 valence electrons. The number of fused-ring (bicyclic) bond motifs is 1. The predicted octanol–water partition coefficient (Wildman–Crippen LogP) is 3.14. The molecule has 0 atom stereocenters. The van der Waals surface area contributed by atoms with E-state index in [0.717, 1.165) is 16.5 Å². The number of hydrogen-bond acceptors (Lipinski definition) is 3. The van der Waals surface area contributed by atoms with Crippen LogP contribution in [0.1, 0.15) is 19.4 Å². The molecule has 2 aromatic carbocycles. The van der Waals surface area contributed by atoms with Crippen molar-refractivity contribution in [3.63, 3.8) is 0 Å². The van der Waals surface area contributed by atoms with Crippen molar-refractivity contribution in [3.05, 3.63) is 42.0 Å². The van der Waals surface area contributed by atoms with Crippen LogP contribution < -0.4 is 5.32 Å². The van der Waals surface area contributed by atoms with E-state index in [0.29, 0.717) is 12.1 Å². The Morgan fingerprint density at radius 1 is 1.16 bits per heavy atom. The Kier molecular flexibility index (Phi) is 3.73. The fourth-order valence-electron chi connectivity index (χ4n) is 1.94. The minimum absolute atomic E-state index is 0.133. The largest absolute Gasteiger partial charge is 0.396 e. The number of nitrogens with one attached hydrogen (secondary N) is 1. The van der Waals surface area contributed by atoms with E-state index in [4.69, 9.17) is 5.26 Å². The van der Waals surface area contributed by atoms with Gasteiger partial charge in [-0.05, 0) is 12.1 Å². The number of aliphatic hydroxyl groups excluding tert-OH is 1. The SMILES string of the molecule is CC(C)(CO)CNc1ccc(C#N)c2ccccc12. The van der Waals surface area contributed by atoms with Gasteiger partial charge in [-0.2, -0.15) is 5.26 Å². The lowest BCUT2D eigenvalue weighted by atomic mass is 9.94. The molecule has 0 aliphatic heterocycles. The standard InChI is InChI=1S/C16H18N2O/c1-16(2,11-19)10-18-15-8-7-12(9-17)13-5-3-4-6-14(13)15/h3-8,18-19H,10-11H2,1-2H3. The van der Waals surface area contributed by atoms with Crippen molar-refractivity contribution < 1.29 is 5.11 Å². The monoisotopic (exact) mass is 254 g/mol. The minimum atomic E-state index is -0.172. The van der Waals surface area contributed by atoms with Gasteiger partial charge >= 0.3 is 0 Å². The Morgan fingerprint density at radius 2 is 1.84 bits per heavy atom. The Bertz CT molecular complexity index is 626. The van der Waals surface area contributed by atoms with Crippen molar-refractivity contribution in [1.29, 1.82) is 5.26 Å². The quantitative estimate of drug-likeness (QED) is 0.881. The highest BCUT2D eigenvalue weighted by molar-refractivity contribution is 5.97. The second kappa shape index (κ2) is 5.29. The van der Waals surface area contributed by atoms with Gasteiger partial charge in [0.25, 0.3) is 0 Å². The normalized spacial score (nSPS) is 11.3. The summed E-state index contributed by atoms with van der Waals surface area (Å²) in [7, 11) is 0. The molecular formula is C16H18N2O. The first-order valence-electron chi connectivity index (χ1n) is 6.34. The number of benzene rings is 2. The summed E-state index contributed by atoms with van der Waals surface area (Å²) < 4.78 is 0. The van der Waals surface area contributed by atoms with Crippen LogP contribution in [0.3, 0.4) is 0 Å². The first-order chi connectivity index (χ1) is 9.07. The number of rotatable bonds is 4. The third kappa shape index (κ3) is 2.86. The maximum Gasteiger partial charge on any atom is 0.0998 e. The molecule has 0 saturated heterocycles. The fraction of sp³-hybridized carbons (Fsp3) is 0.312. The molecule has 2 N–H and O–H groups in total. The Balaban J connectivity index is 2.38. The van der Waals surface area contributed by atoms with Gasteiger partial charge in [0.1, 0.15) is 0 Å². The minimum Gasteiger partial charge on any atom is -0.396 e. The van der Waals surface area contributed by atoms with Crippen LogP contribution in [0, 0.1) is 16.7 Å². The van der Waals surface area contributed by atoms with Gasteiger partial charge in [0.2, 0.25) is 0 Å². The van der Waals surface area contributed by atoms with E-state index in [9.17, 15) is 5.11 Å². The first kappa shape index (κ1) is 13.4. The van der Waals surface area contributed by atoms with Gasteiger partial charge in [0.15, 0.2) is 0 Å². The summed E-state index contributed by atoms with van der Waals surface area (Å²) in [5.41, 5.74) is 1.51. The van der Waals surface area contributed by atoms with Crippen LogP contribution in [0.4, 0.5) is 5.69 Å². The average Bonchev–Trinajstić information content (AvgIpc) is 2.44. The number of nitriles is 1. The predicted molar refractivity (Wildman–Crippen MR) is 78.0 cm³/mol. The van der Waals surface area contributed by atoms with E-state index in [2.05, 4.69) is 11.4 Å².